The van der Waals surface area contributed by atoms with Gasteiger partial charge in [-0.15, -0.1) is 18.3 Å². The number of rotatable bonds is 3. The smallest absolute Gasteiger partial charge is 0.406 e. The number of nitrogens with one attached hydrogen (secondary N) is 1. The van der Waals surface area contributed by atoms with Crippen LogP contribution in [0.5, 0.6) is 5.75 Å². The summed E-state index contributed by atoms with van der Waals surface area (Å²) in [5, 5.41) is 10.0. The number of benzene rings is 1. The number of aryl methyl sites for hydroxylation is 1. The normalized spacial score (nSPS) is 11.7. The van der Waals surface area contributed by atoms with Crippen LogP contribution >= 0.6 is 11.3 Å². The molecule has 2 aromatic heterocycles. The highest BCUT2D eigenvalue weighted by atomic mass is 32.1. The van der Waals surface area contributed by atoms with Crippen molar-refractivity contribution < 1.29 is 22.7 Å². The Morgan fingerprint density at radius 2 is 2.17 bits per heavy atom. The number of anilines is 1. The molecule has 3 aromatic rings. The molecule has 0 saturated heterocycles. The van der Waals surface area contributed by atoms with Crippen LogP contribution < -0.4 is 10.1 Å². The lowest BCUT2D eigenvalue weighted by Gasteiger charge is -2.07. The summed E-state index contributed by atoms with van der Waals surface area (Å²) in [7, 11) is 1.56. The lowest BCUT2D eigenvalue weighted by atomic mass is 10.3. The quantitative estimate of drug-likeness (QED) is 0.790. The van der Waals surface area contributed by atoms with Gasteiger partial charge in [-0.2, -0.15) is 0 Å². The number of carbonyl (C=O) groups excluding carboxylic acids is 1. The van der Waals surface area contributed by atoms with E-state index in [-0.39, 0.29) is 16.6 Å². The third kappa shape index (κ3) is 3.39. The molecule has 1 N–H and O–H groups in total. The van der Waals surface area contributed by atoms with Gasteiger partial charge >= 0.3 is 6.36 Å². The molecule has 1 amide bonds. The van der Waals surface area contributed by atoms with E-state index >= 15 is 0 Å². The monoisotopic (exact) mass is 343 g/mol. The first-order valence-corrected chi connectivity index (χ1v) is 6.96. The van der Waals surface area contributed by atoms with Gasteiger partial charge in [0.2, 0.25) is 0 Å². The van der Waals surface area contributed by atoms with Gasteiger partial charge in [-0.3, -0.25) is 10.1 Å². The molecule has 3 rings (SSSR count). The van der Waals surface area contributed by atoms with E-state index in [1.165, 1.54) is 23.0 Å². The average molecular weight is 343 g/mol. The zero-order valence-electron chi connectivity index (χ0n) is 11.5. The predicted molar refractivity (Wildman–Crippen MR) is 75.3 cm³/mol. The van der Waals surface area contributed by atoms with Crippen molar-refractivity contribution in [2.24, 2.45) is 7.05 Å². The molecule has 0 atom stereocenters. The summed E-state index contributed by atoms with van der Waals surface area (Å²) >= 11 is 1.03. The molecule has 0 radical (unpaired) electrons. The van der Waals surface area contributed by atoms with Gasteiger partial charge in [0.25, 0.3) is 5.91 Å². The van der Waals surface area contributed by atoms with Crippen molar-refractivity contribution in [2.45, 2.75) is 6.36 Å². The van der Waals surface area contributed by atoms with Crippen molar-refractivity contribution in [3.63, 3.8) is 0 Å². The first-order chi connectivity index (χ1) is 10.8. The molecule has 0 aliphatic heterocycles. The van der Waals surface area contributed by atoms with Crippen LogP contribution in [0.4, 0.5) is 18.3 Å². The number of fused-ring (bicyclic) bond motifs is 1. The van der Waals surface area contributed by atoms with Gasteiger partial charge in [0.05, 0.1) is 16.4 Å². The number of hydrogen-bond acceptors (Lipinski definition) is 6. The van der Waals surface area contributed by atoms with Crippen LogP contribution in [0.1, 0.15) is 10.5 Å². The average Bonchev–Trinajstić information content (AvgIpc) is 3.01. The number of aromatic nitrogens is 4. The number of ether oxygens (including phenoxy) is 1. The summed E-state index contributed by atoms with van der Waals surface area (Å²) in [5.41, 5.74) is 0.674. The van der Waals surface area contributed by atoms with Gasteiger partial charge in [0, 0.05) is 13.1 Å². The molecule has 0 spiro atoms. The Morgan fingerprint density at radius 3 is 2.83 bits per heavy atom. The van der Waals surface area contributed by atoms with Crippen LogP contribution in [0.15, 0.2) is 24.4 Å². The fourth-order valence-electron chi connectivity index (χ4n) is 1.81. The minimum absolute atomic E-state index is 0.227. The Labute approximate surface area is 130 Å². The van der Waals surface area contributed by atoms with Crippen LogP contribution in [-0.2, 0) is 7.05 Å². The number of thiazole rings is 1. The molecule has 1 aromatic carbocycles. The predicted octanol–water partition coefficient (Wildman–Crippen LogP) is 2.58. The Bertz CT molecular complexity index is 873. The maximum absolute atomic E-state index is 12.2. The Hall–Kier alpha value is -2.69. The molecule has 11 heteroatoms. The summed E-state index contributed by atoms with van der Waals surface area (Å²) in [6, 6.07) is 3.75. The van der Waals surface area contributed by atoms with Gasteiger partial charge in [-0.25, -0.2) is 9.67 Å². The standard InChI is InChI=1S/C12H8F3N5O2S/c1-20-8(5-16-19-20)10(21)18-11-17-7-3-2-6(4-9(7)23-11)22-12(13,14)15/h2-5H,1H3,(H,17,18,21). The summed E-state index contributed by atoms with van der Waals surface area (Å²) in [6.07, 6.45) is -3.47. The lowest BCUT2D eigenvalue weighted by molar-refractivity contribution is -0.274. The van der Waals surface area contributed by atoms with Crippen LogP contribution in [0.3, 0.4) is 0 Å². The van der Waals surface area contributed by atoms with Gasteiger partial charge in [0.15, 0.2) is 5.13 Å². The molecular weight excluding hydrogens is 335 g/mol. The van der Waals surface area contributed by atoms with Gasteiger partial charge in [0.1, 0.15) is 11.4 Å². The van der Waals surface area contributed by atoms with Crippen molar-refractivity contribution in [3.05, 3.63) is 30.1 Å². The first kappa shape index (κ1) is 15.2. The van der Waals surface area contributed by atoms with Gasteiger partial charge in [-0.1, -0.05) is 16.6 Å². The molecular formula is C12H8F3N5O2S. The third-order valence-corrected chi connectivity index (χ3v) is 3.69. The number of nitrogens with zero attached hydrogens (tertiary/aromatic N) is 4. The van der Waals surface area contributed by atoms with Gasteiger partial charge in [-0.05, 0) is 12.1 Å². The van der Waals surface area contributed by atoms with Crippen molar-refractivity contribution in [1.82, 2.24) is 20.0 Å². The third-order valence-electron chi connectivity index (χ3n) is 2.76. The fourth-order valence-corrected chi connectivity index (χ4v) is 2.70. The molecule has 0 saturated carbocycles. The minimum Gasteiger partial charge on any atom is -0.406 e. The van der Waals surface area contributed by atoms with E-state index in [9.17, 15) is 18.0 Å². The number of hydrogen-bond donors (Lipinski definition) is 1. The SMILES string of the molecule is Cn1nncc1C(=O)Nc1nc2ccc(OC(F)(F)F)cc2s1. The fraction of sp³-hybridized carbons (Fsp3) is 0.167. The van der Waals surface area contributed by atoms with E-state index in [2.05, 4.69) is 25.3 Å². The number of halogens is 3. The zero-order valence-corrected chi connectivity index (χ0v) is 12.3. The molecule has 0 bridgehead atoms. The van der Waals surface area contributed by atoms with E-state index in [0.717, 1.165) is 17.4 Å². The van der Waals surface area contributed by atoms with Crippen molar-refractivity contribution in [3.8, 4) is 5.75 Å². The Morgan fingerprint density at radius 1 is 1.39 bits per heavy atom. The zero-order chi connectivity index (χ0) is 16.6. The molecule has 0 unspecified atom stereocenters. The number of alkyl halides is 3. The maximum atomic E-state index is 12.2. The minimum atomic E-state index is -4.76. The van der Waals surface area contributed by atoms with E-state index in [1.807, 2.05) is 0 Å². The summed E-state index contributed by atoms with van der Waals surface area (Å²) in [4.78, 5) is 16.1. The first-order valence-electron chi connectivity index (χ1n) is 6.14. The summed E-state index contributed by atoms with van der Waals surface area (Å²) in [6.45, 7) is 0. The maximum Gasteiger partial charge on any atom is 0.573 e. The molecule has 0 aliphatic rings. The summed E-state index contributed by atoms with van der Waals surface area (Å²) < 4.78 is 42.2. The molecule has 0 aliphatic carbocycles. The lowest BCUT2D eigenvalue weighted by Crippen LogP contribution is -2.16. The van der Waals surface area contributed by atoms with Crippen molar-refractivity contribution in [2.75, 3.05) is 5.32 Å². The Balaban J connectivity index is 1.83. The van der Waals surface area contributed by atoms with Crippen LogP contribution in [0.2, 0.25) is 0 Å². The number of amides is 1. The second-order valence-corrected chi connectivity index (χ2v) is 5.42. The highest BCUT2D eigenvalue weighted by Crippen LogP contribution is 2.31. The van der Waals surface area contributed by atoms with E-state index in [1.54, 1.807) is 7.05 Å². The van der Waals surface area contributed by atoms with E-state index < -0.39 is 12.3 Å². The summed E-state index contributed by atoms with van der Waals surface area (Å²) in [5.74, 6) is -0.814. The van der Waals surface area contributed by atoms with Gasteiger partial charge < -0.3 is 4.74 Å². The second kappa shape index (κ2) is 5.50. The molecule has 120 valence electrons. The molecule has 0 fully saturated rings. The Kier molecular flexibility index (Phi) is 3.64. The van der Waals surface area contributed by atoms with Crippen molar-refractivity contribution in [1.29, 1.82) is 0 Å². The van der Waals surface area contributed by atoms with Crippen LogP contribution in [0, 0.1) is 0 Å². The van der Waals surface area contributed by atoms with Crippen LogP contribution in [-0.4, -0.2) is 32.2 Å². The van der Waals surface area contributed by atoms with Crippen molar-refractivity contribution >= 4 is 32.6 Å². The largest absolute Gasteiger partial charge is 0.573 e. The van der Waals surface area contributed by atoms with Crippen LogP contribution in [0.25, 0.3) is 10.2 Å². The highest BCUT2D eigenvalue weighted by molar-refractivity contribution is 7.22. The topological polar surface area (TPSA) is 81.9 Å². The highest BCUT2D eigenvalue weighted by Gasteiger charge is 2.31. The molecule has 7 nitrogen and oxygen atoms in total. The number of carbonyl (C=O) groups is 1. The molecule has 23 heavy (non-hydrogen) atoms. The molecule has 2 heterocycles. The second-order valence-electron chi connectivity index (χ2n) is 4.39. The van der Waals surface area contributed by atoms with E-state index in [4.69, 9.17) is 0 Å². The van der Waals surface area contributed by atoms with E-state index in [0.29, 0.717) is 10.2 Å².